The van der Waals surface area contributed by atoms with E-state index in [1.165, 1.54) is 4.88 Å². The van der Waals surface area contributed by atoms with E-state index in [9.17, 15) is 4.79 Å². The molecule has 94 valence electrons. The molecule has 0 aliphatic heterocycles. The Kier molecular flexibility index (Phi) is 3.99. The highest BCUT2D eigenvalue weighted by molar-refractivity contribution is 7.09. The van der Waals surface area contributed by atoms with E-state index >= 15 is 0 Å². The van der Waals surface area contributed by atoms with Crippen LogP contribution in [-0.2, 0) is 6.42 Å². The molecule has 2 rings (SSSR count). The summed E-state index contributed by atoms with van der Waals surface area (Å²) in [6.45, 7) is 2.58. The van der Waals surface area contributed by atoms with E-state index in [1.807, 2.05) is 30.5 Å². The normalized spacial score (nSPS) is 10.3. The fourth-order valence-electron chi connectivity index (χ4n) is 1.72. The maximum Gasteiger partial charge on any atom is 0.253 e. The maximum absolute atomic E-state index is 12.0. The van der Waals surface area contributed by atoms with E-state index in [4.69, 9.17) is 5.73 Å². The lowest BCUT2D eigenvalue weighted by Crippen LogP contribution is -2.26. The second-order valence-corrected chi connectivity index (χ2v) is 5.21. The number of thiophene rings is 1. The van der Waals surface area contributed by atoms with Gasteiger partial charge in [0, 0.05) is 17.1 Å². The van der Waals surface area contributed by atoms with Crippen molar-refractivity contribution in [1.82, 2.24) is 5.32 Å². The van der Waals surface area contributed by atoms with Crippen molar-refractivity contribution in [3.8, 4) is 0 Å². The van der Waals surface area contributed by atoms with Crippen molar-refractivity contribution >= 4 is 22.9 Å². The van der Waals surface area contributed by atoms with Gasteiger partial charge in [-0.3, -0.25) is 4.79 Å². The number of nitrogens with one attached hydrogen (secondary N) is 1. The Morgan fingerprint density at radius 1 is 1.39 bits per heavy atom. The van der Waals surface area contributed by atoms with Gasteiger partial charge in [-0.25, -0.2) is 0 Å². The monoisotopic (exact) mass is 260 g/mol. The molecule has 0 unspecified atom stereocenters. The number of hydrogen-bond donors (Lipinski definition) is 2. The second-order valence-electron chi connectivity index (χ2n) is 4.18. The smallest absolute Gasteiger partial charge is 0.253 e. The van der Waals surface area contributed by atoms with Gasteiger partial charge in [-0.05, 0) is 36.9 Å². The molecular weight excluding hydrogens is 244 g/mol. The number of amides is 1. The molecule has 1 aromatic carbocycles. The summed E-state index contributed by atoms with van der Waals surface area (Å²) in [6.07, 6.45) is 0.856. The van der Waals surface area contributed by atoms with Crippen molar-refractivity contribution in [2.75, 3.05) is 12.3 Å². The fourth-order valence-corrected chi connectivity index (χ4v) is 2.43. The zero-order valence-corrected chi connectivity index (χ0v) is 11.1. The lowest BCUT2D eigenvalue weighted by Gasteiger charge is -2.07. The number of carbonyl (C=O) groups is 1. The van der Waals surface area contributed by atoms with Crippen LogP contribution in [0.25, 0.3) is 0 Å². The first-order valence-electron chi connectivity index (χ1n) is 5.83. The average Bonchev–Trinajstić information content (AvgIpc) is 2.85. The molecule has 0 saturated carbocycles. The summed E-state index contributed by atoms with van der Waals surface area (Å²) in [6, 6.07) is 9.56. The first-order chi connectivity index (χ1) is 8.66. The Balaban J connectivity index is 1.93. The van der Waals surface area contributed by atoms with Gasteiger partial charge in [-0.2, -0.15) is 0 Å². The van der Waals surface area contributed by atoms with E-state index in [1.54, 1.807) is 17.4 Å². The minimum atomic E-state index is -0.104. The van der Waals surface area contributed by atoms with E-state index in [-0.39, 0.29) is 5.91 Å². The van der Waals surface area contributed by atoms with E-state index in [0.717, 1.165) is 12.0 Å². The van der Waals surface area contributed by atoms with E-state index in [2.05, 4.69) is 11.4 Å². The summed E-state index contributed by atoms with van der Waals surface area (Å²) in [5, 5.41) is 4.93. The summed E-state index contributed by atoms with van der Waals surface area (Å²) in [5.74, 6) is -0.104. The molecule has 0 aliphatic rings. The number of aryl methyl sites for hydroxylation is 1. The number of rotatable bonds is 4. The molecule has 0 fully saturated rings. The Morgan fingerprint density at radius 2 is 2.22 bits per heavy atom. The van der Waals surface area contributed by atoms with Crippen molar-refractivity contribution in [1.29, 1.82) is 0 Å². The predicted octanol–water partition coefficient (Wildman–Crippen LogP) is 2.61. The van der Waals surface area contributed by atoms with Gasteiger partial charge in [0.1, 0.15) is 0 Å². The third kappa shape index (κ3) is 3.11. The average molecular weight is 260 g/mol. The Hall–Kier alpha value is -1.81. The molecule has 0 spiro atoms. The maximum atomic E-state index is 12.0. The van der Waals surface area contributed by atoms with Gasteiger partial charge in [-0.1, -0.05) is 17.7 Å². The van der Waals surface area contributed by atoms with Crippen molar-refractivity contribution in [3.63, 3.8) is 0 Å². The van der Waals surface area contributed by atoms with Crippen LogP contribution in [0.4, 0.5) is 5.69 Å². The molecule has 3 nitrogen and oxygen atoms in total. The van der Waals surface area contributed by atoms with Crippen molar-refractivity contribution in [3.05, 3.63) is 51.7 Å². The molecule has 0 radical (unpaired) electrons. The number of anilines is 1. The standard InChI is InChI=1S/C14H16N2OS/c1-10-4-5-13(15)12(9-10)14(17)16-7-6-11-3-2-8-18-11/h2-5,8-9H,6-7,15H2,1H3,(H,16,17). The Labute approximate surface area is 111 Å². The van der Waals surface area contributed by atoms with Gasteiger partial charge in [0.15, 0.2) is 0 Å². The summed E-state index contributed by atoms with van der Waals surface area (Å²) < 4.78 is 0. The molecule has 1 aromatic heterocycles. The molecule has 0 aliphatic carbocycles. The van der Waals surface area contributed by atoms with Gasteiger partial charge in [0.25, 0.3) is 5.91 Å². The molecule has 0 bridgehead atoms. The van der Waals surface area contributed by atoms with Crippen LogP contribution in [-0.4, -0.2) is 12.5 Å². The number of hydrogen-bond acceptors (Lipinski definition) is 3. The number of nitrogen functional groups attached to an aromatic ring is 1. The minimum Gasteiger partial charge on any atom is -0.398 e. The van der Waals surface area contributed by atoms with Gasteiger partial charge in [-0.15, -0.1) is 11.3 Å². The SMILES string of the molecule is Cc1ccc(N)c(C(=O)NCCc2cccs2)c1. The lowest BCUT2D eigenvalue weighted by atomic mass is 10.1. The number of nitrogens with two attached hydrogens (primary N) is 1. The highest BCUT2D eigenvalue weighted by Gasteiger charge is 2.09. The quantitative estimate of drug-likeness (QED) is 0.830. The van der Waals surface area contributed by atoms with Crippen LogP contribution in [0, 0.1) is 6.92 Å². The number of benzene rings is 1. The largest absolute Gasteiger partial charge is 0.398 e. The fraction of sp³-hybridized carbons (Fsp3) is 0.214. The first-order valence-corrected chi connectivity index (χ1v) is 6.71. The minimum absolute atomic E-state index is 0.104. The van der Waals surface area contributed by atoms with Crippen LogP contribution in [0.2, 0.25) is 0 Å². The molecule has 0 atom stereocenters. The highest BCUT2D eigenvalue weighted by Crippen LogP contribution is 2.13. The third-order valence-corrected chi connectivity index (χ3v) is 3.63. The van der Waals surface area contributed by atoms with E-state index < -0.39 is 0 Å². The van der Waals surface area contributed by atoms with Crippen LogP contribution in [0.1, 0.15) is 20.8 Å². The van der Waals surface area contributed by atoms with Crippen LogP contribution in [0.3, 0.4) is 0 Å². The molecular formula is C14H16N2OS. The molecule has 18 heavy (non-hydrogen) atoms. The van der Waals surface area contributed by atoms with Gasteiger partial charge < -0.3 is 11.1 Å². The summed E-state index contributed by atoms with van der Waals surface area (Å²) in [7, 11) is 0. The summed E-state index contributed by atoms with van der Waals surface area (Å²) in [5.41, 5.74) is 7.91. The van der Waals surface area contributed by atoms with Crippen LogP contribution < -0.4 is 11.1 Å². The number of carbonyl (C=O) groups excluding carboxylic acids is 1. The third-order valence-electron chi connectivity index (χ3n) is 2.69. The Bertz CT molecular complexity index is 535. The summed E-state index contributed by atoms with van der Waals surface area (Å²) >= 11 is 1.70. The zero-order chi connectivity index (χ0) is 13.0. The first kappa shape index (κ1) is 12.6. The zero-order valence-electron chi connectivity index (χ0n) is 10.3. The van der Waals surface area contributed by atoms with Crippen molar-refractivity contribution < 1.29 is 4.79 Å². The van der Waals surface area contributed by atoms with Gasteiger partial charge in [0.05, 0.1) is 5.56 Å². The molecule has 3 N–H and O–H groups in total. The molecule has 1 amide bonds. The predicted molar refractivity (Wildman–Crippen MR) is 75.9 cm³/mol. The van der Waals surface area contributed by atoms with Crippen molar-refractivity contribution in [2.45, 2.75) is 13.3 Å². The molecule has 1 heterocycles. The van der Waals surface area contributed by atoms with Crippen molar-refractivity contribution in [2.24, 2.45) is 0 Å². The van der Waals surface area contributed by atoms with Crippen LogP contribution >= 0.6 is 11.3 Å². The molecule has 0 saturated heterocycles. The Morgan fingerprint density at radius 3 is 2.94 bits per heavy atom. The summed E-state index contributed by atoms with van der Waals surface area (Å²) in [4.78, 5) is 13.2. The van der Waals surface area contributed by atoms with Crippen LogP contribution in [0.5, 0.6) is 0 Å². The molecule has 2 aromatic rings. The van der Waals surface area contributed by atoms with Gasteiger partial charge in [0.2, 0.25) is 0 Å². The molecule has 4 heteroatoms. The second kappa shape index (κ2) is 5.69. The lowest BCUT2D eigenvalue weighted by molar-refractivity contribution is 0.0955. The highest BCUT2D eigenvalue weighted by atomic mass is 32.1. The topological polar surface area (TPSA) is 55.1 Å². The van der Waals surface area contributed by atoms with Crippen LogP contribution in [0.15, 0.2) is 35.7 Å². The van der Waals surface area contributed by atoms with Gasteiger partial charge >= 0.3 is 0 Å². The van der Waals surface area contributed by atoms with E-state index in [0.29, 0.717) is 17.8 Å².